The lowest BCUT2D eigenvalue weighted by Gasteiger charge is -2.37. The van der Waals surface area contributed by atoms with E-state index in [1.165, 1.54) is 10.8 Å². The average Bonchev–Trinajstić information content (AvgIpc) is 3.22. The Labute approximate surface area is 346 Å². The minimum absolute atomic E-state index is 0.00794. The Kier molecular flexibility index (Phi) is 13.2. The van der Waals surface area contributed by atoms with E-state index in [1.807, 2.05) is 71.6 Å². The smallest absolute Gasteiger partial charge is 0.322 e. The number of carbonyl (C=O) groups excluding carboxylic acids is 1. The number of halogens is 1. The Balaban J connectivity index is 0.000000317. The number of nitriles is 2. The number of rotatable bonds is 11. The molecule has 59 heavy (non-hydrogen) atoms. The van der Waals surface area contributed by atoms with E-state index in [1.54, 1.807) is 25.5 Å². The standard InChI is InChI=1S/C34H36N8O3.C8H7ClN4O/c1-41-16-15-25(17-31(41)43)24-7-11-29(12-8-24)42(34(44)37-19-23-5-3-2-4-6-23)30-13-9-27(10-14-30)39-33-36-20-26(18-35)32(40-33)38-28-21-45-22-28;9-8-11-2-5(1-10)7(13-8)12-6-3-14-4-6/h2-8,11-12,15-17,20,27-28,30H,9-10,13-14,19,21-22H2,1H3,(H,37,44)(H2,36,38,39,40);2,6H,3-4H2,(H,11,12,13). The highest BCUT2D eigenvalue weighted by Crippen LogP contribution is 2.31. The fourth-order valence-corrected chi connectivity index (χ4v) is 6.91. The first-order valence-electron chi connectivity index (χ1n) is 19.3. The van der Waals surface area contributed by atoms with Gasteiger partial charge in [0.05, 0.1) is 50.9 Å². The van der Waals surface area contributed by atoms with Gasteiger partial charge in [-0.1, -0.05) is 42.5 Å². The molecule has 5 heterocycles. The first-order chi connectivity index (χ1) is 28.8. The molecule has 3 fully saturated rings. The fraction of sp³-hybridized carbons (Fsp3) is 0.333. The van der Waals surface area contributed by atoms with Gasteiger partial charge in [-0.25, -0.2) is 14.8 Å². The summed E-state index contributed by atoms with van der Waals surface area (Å²) in [5.74, 6) is 1.46. The number of aromatic nitrogens is 5. The summed E-state index contributed by atoms with van der Waals surface area (Å²) in [6, 6.07) is 25.7. The third-order valence-corrected chi connectivity index (χ3v) is 10.4. The molecule has 8 rings (SSSR count). The Morgan fingerprint density at radius 1 is 0.814 bits per heavy atom. The number of ether oxygens (including phenoxy) is 2. The van der Waals surface area contributed by atoms with Gasteiger partial charge >= 0.3 is 6.03 Å². The van der Waals surface area contributed by atoms with E-state index in [9.17, 15) is 14.9 Å². The summed E-state index contributed by atoms with van der Waals surface area (Å²) < 4.78 is 11.8. The third-order valence-electron chi connectivity index (χ3n) is 10.2. The third kappa shape index (κ3) is 10.5. The molecule has 3 aliphatic rings. The van der Waals surface area contributed by atoms with E-state index in [0.717, 1.165) is 48.1 Å². The molecule has 0 unspecified atom stereocenters. The van der Waals surface area contributed by atoms with E-state index in [0.29, 0.717) is 61.7 Å². The average molecular weight is 815 g/mol. The van der Waals surface area contributed by atoms with E-state index in [2.05, 4.69) is 47.3 Å². The molecular weight excluding hydrogens is 772 g/mol. The van der Waals surface area contributed by atoms with Crippen molar-refractivity contribution in [2.45, 2.75) is 56.4 Å². The first kappa shape index (κ1) is 40.6. The minimum Gasteiger partial charge on any atom is -0.377 e. The van der Waals surface area contributed by atoms with Crippen LogP contribution >= 0.6 is 11.6 Å². The van der Waals surface area contributed by atoms with Gasteiger partial charge in [0.15, 0.2) is 0 Å². The summed E-state index contributed by atoms with van der Waals surface area (Å²) in [7, 11) is 1.73. The first-order valence-corrected chi connectivity index (χ1v) is 19.7. The fourth-order valence-electron chi connectivity index (χ4n) is 6.78. The molecule has 1 saturated carbocycles. The molecule has 16 nitrogen and oxygen atoms in total. The number of pyridine rings is 1. The number of benzene rings is 2. The van der Waals surface area contributed by atoms with Crippen LogP contribution in [0, 0.1) is 22.7 Å². The lowest BCUT2D eigenvalue weighted by molar-refractivity contribution is 0.0209. The van der Waals surface area contributed by atoms with Crippen LogP contribution in [0.2, 0.25) is 5.28 Å². The molecule has 2 saturated heterocycles. The predicted molar refractivity (Wildman–Crippen MR) is 223 cm³/mol. The van der Waals surface area contributed by atoms with Crippen LogP contribution in [0.1, 0.15) is 42.4 Å². The van der Waals surface area contributed by atoms with Crippen LogP contribution in [0.5, 0.6) is 0 Å². The molecule has 0 radical (unpaired) electrons. The maximum atomic E-state index is 13.7. The number of hydrogen-bond donors (Lipinski definition) is 4. The maximum Gasteiger partial charge on any atom is 0.322 e. The number of anilines is 4. The lowest BCUT2D eigenvalue weighted by Crippen LogP contribution is -2.48. The zero-order valence-corrected chi connectivity index (χ0v) is 33.1. The van der Waals surface area contributed by atoms with Gasteiger partial charge in [0.1, 0.15) is 34.9 Å². The Bertz CT molecular complexity index is 2370. The van der Waals surface area contributed by atoms with Crippen LogP contribution in [0.25, 0.3) is 11.1 Å². The molecule has 5 aromatic rings. The maximum absolute atomic E-state index is 13.7. The van der Waals surface area contributed by atoms with E-state index < -0.39 is 0 Å². The van der Waals surface area contributed by atoms with Crippen molar-refractivity contribution in [2.75, 3.05) is 47.3 Å². The normalized spacial score (nSPS) is 17.4. The van der Waals surface area contributed by atoms with E-state index >= 15 is 0 Å². The number of nitrogens with zero attached hydrogens (tertiary/aromatic N) is 8. The molecule has 4 N–H and O–H groups in total. The summed E-state index contributed by atoms with van der Waals surface area (Å²) in [4.78, 5) is 44.4. The second-order valence-electron chi connectivity index (χ2n) is 14.4. The molecular formula is C42H43ClN12O4. The second-order valence-corrected chi connectivity index (χ2v) is 14.8. The number of nitrogens with one attached hydrogen (secondary N) is 4. The molecule has 0 atom stereocenters. The van der Waals surface area contributed by atoms with Crippen LogP contribution < -0.4 is 31.7 Å². The van der Waals surface area contributed by atoms with Crippen LogP contribution in [0.3, 0.4) is 0 Å². The Morgan fingerprint density at radius 3 is 2.03 bits per heavy atom. The van der Waals surface area contributed by atoms with Crippen LogP contribution in [0.15, 0.2) is 90.1 Å². The van der Waals surface area contributed by atoms with Crippen LogP contribution in [-0.2, 0) is 23.1 Å². The lowest BCUT2D eigenvalue weighted by atomic mass is 9.90. The SMILES string of the molecule is Cn1ccc(-c2ccc(N(C(=O)NCc3ccccc3)C3CCC(Nc4ncc(C#N)c(NC5COC5)n4)CC3)cc2)cc1=O.N#Cc1cnc(Cl)nc1NC1COC1. The highest BCUT2D eigenvalue weighted by Gasteiger charge is 2.31. The largest absolute Gasteiger partial charge is 0.377 e. The monoisotopic (exact) mass is 814 g/mol. The van der Waals surface area contributed by atoms with Crippen molar-refractivity contribution in [3.8, 4) is 23.3 Å². The van der Waals surface area contributed by atoms with E-state index in [4.69, 9.17) is 26.3 Å². The summed E-state index contributed by atoms with van der Waals surface area (Å²) in [5.41, 5.74) is 4.29. The summed E-state index contributed by atoms with van der Waals surface area (Å²) >= 11 is 5.62. The molecule has 302 valence electrons. The second kappa shape index (κ2) is 19.2. The zero-order chi connectivity index (χ0) is 41.1. The molecule has 2 aliphatic heterocycles. The highest BCUT2D eigenvalue weighted by atomic mass is 35.5. The number of hydrogen-bond acceptors (Lipinski definition) is 13. The van der Waals surface area contributed by atoms with Gasteiger partial charge < -0.3 is 35.3 Å². The van der Waals surface area contributed by atoms with Gasteiger partial charge in [-0.2, -0.15) is 20.5 Å². The van der Waals surface area contributed by atoms with Gasteiger partial charge in [-0.15, -0.1) is 0 Å². The van der Waals surface area contributed by atoms with Crippen LogP contribution in [-0.4, -0.2) is 81.1 Å². The van der Waals surface area contributed by atoms with Crippen molar-refractivity contribution in [3.05, 3.63) is 118 Å². The molecule has 0 spiro atoms. The topological polar surface area (TPSA) is 208 Å². The van der Waals surface area contributed by atoms with Gasteiger partial charge in [-0.05, 0) is 72.2 Å². The predicted octanol–water partition coefficient (Wildman–Crippen LogP) is 5.48. The van der Waals surface area contributed by atoms with Gasteiger partial charge in [0, 0.05) is 43.6 Å². The number of carbonyl (C=O) groups is 1. The summed E-state index contributed by atoms with van der Waals surface area (Å²) in [6.07, 6.45) is 7.91. The number of urea groups is 1. The minimum atomic E-state index is -0.150. The van der Waals surface area contributed by atoms with Crippen molar-refractivity contribution in [3.63, 3.8) is 0 Å². The number of amides is 2. The summed E-state index contributed by atoms with van der Waals surface area (Å²) in [6.45, 7) is 2.87. The molecule has 3 aromatic heterocycles. The highest BCUT2D eigenvalue weighted by molar-refractivity contribution is 6.28. The quantitative estimate of drug-likeness (QED) is 0.122. The van der Waals surface area contributed by atoms with Crippen LogP contribution in [0.4, 0.5) is 28.1 Å². The van der Waals surface area contributed by atoms with Crippen molar-refractivity contribution < 1.29 is 14.3 Å². The molecule has 0 bridgehead atoms. The van der Waals surface area contributed by atoms with Crippen molar-refractivity contribution >= 4 is 40.9 Å². The van der Waals surface area contributed by atoms with Gasteiger partial charge in [-0.3, -0.25) is 9.69 Å². The van der Waals surface area contributed by atoms with E-state index in [-0.39, 0.29) is 41.0 Å². The summed E-state index contributed by atoms with van der Waals surface area (Å²) in [5, 5.41) is 31.3. The van der Waals surface area contributed by atoms with Crippen molar-refractivity contribution in [1.29, 1.82) is 10.5 Å². The Morgan fingerprint density at radius 2 is 1.44 bits per heavy atom. The molecule has 17 heteroatoms. The molecule has 2 amide bonds. The zero-order valence-electron chi connectivity index (χ0n) is 32.3. The molecule has 2 aromatic carbocycles. The van der Waals surface area contributed by atoms with Crippen molar-refractivity contribution in [1.82, 2.24) is 29.8 Å². The van der Waals surface area contributed by atoms with Gasteiger partial charge in [0.2, 0.25) is 11.2 Å². The Hall–Kier alpha value is -6.59. The molecule has 1 aliphatic carbocycles. The number of aryl methyl sites for hydroxylation is 1. The van der Waals surface area contributed by atoms with Crippen molar-refractivity contribution in [2.24, 2.45) is 7.05 Å². The van der Waals surface area contributed by atoms with Gasteiger partial charge in [0.25, 0.3) is 5.56 Å².